The molecule has 0 bridgehead atoms. The molecule has 2 aromatic carbocycles. The lowest BCUT2D eigenvalue weighted by molar-refractivity contribution is -0.115. The molecule has 3 aromatic rings. The summed E-state index contributed by atoms with van der Waals surface area (Å²) < 4.78 is 28.7. The molecule has 0 radical (unpaired) electrons. The topological polar surface area (TPSA) is 46.4 Å². The van der Waals surface area contributed by atoms with Crippen LogP contribution in [0.1, 0.15) is 5.69 Å². The summed E-state index contributed by atoms with van der Waals surface area (Å²) in [7, 11) is 1.75. The van der Waals surface area contributed by atoms with Crippen molar-refractivity contribution >= 4 is 64.2 Å². The van der Waals surface area contributed by atoms with Crippen molar-refractivity contribution in [3.8, 4) is 0 Å². The molecule has 1 heterocycles. The molecule has 0 atom stereocenters. The van der Waals surface area contributed by atoms with Crippen LogP contribution >= 0.6 is 46.9 Å². The quantitative estimate of drug-likeness (QED) is 0.544. The van der Waals surface area contributed by atoms with Gasteiger partial charge in [-0.25, -0.2) is 13.8 Å². The van der Waals surface area contributed by atoms with E-state index in [4.69, 9.17) is 23.2 Å². The highest BCUT2D eigenvalue weighted by atomic mass is 35.5. The maximum Gasteiger partial charge on any atom is 0.230 e. The van der Waals surface area contributed by atoms with Crippen molar-refractivity contribution in [1.82, 2.24) is 4.57 Å². The average Bonchev–Trinajstić information content (AvgIpc) is 2.94. The minimum absolute atomic E-state index is 0. The molecule has 0 aliphatic rings. The van der Waals surface area contributed by atoms with E-state index in [1.54, 1.807) is 17.0 Å². The average molecular weight is 465 g/mol. The van der Waals surface area contributed by atoms with Crippen LogP contribution in [0.25, 0.3) is 0 Å². The number of nitrogens with one attached hydrogen (secondary N) is 1. The smallest absolute Gasteiger partial charge is 0.230 e. The number of thiazole rings is 1. The summed E-state index contributed by atoms with van der Waals surface area (Å²) >= 11 is 12.9. The maximum atomic E-state index is 13.7. The van der Waals surface area contributed by atoms with Gasteiger partial charge in [-0.05, 0) is 36.4 Å². The first-order chi connectivity index (χ1) is 12.8. The Morgan fingerprint density at radius 2 is 1.89 bits per heavy atom. The Kier molecular flexibility index (Phi) is 7.60. The van der Waals surface area contributed by atoms with Gasteiger partial charge in [0, 0.05) is 23.1 Å². The number of hydrogen-bond acceptors (Lipinski definition) is 3. The molecule has 0 aliphatic heterocycles. The Balaban J connectivity index is 0.00000280. The van der Waals surface area contributed by atoms with Crippen molar-refractivity contribution in [2.24, 2.45) is 12.0 Å². The van der Waals surface area contributed by atoms with Crippen LogP contribution in [0.5, 0.6) is 0 Å². The standard InChI is InChI=1S/C18H13Cl2F2N3OS.ClH/c1-25-12(8-17(26)24-16-6-10(19)2-4-15(16)22)9-27-18(25)23-11-3-5-14(21)13(20)7-11;/h2-7,9H,8H2,1H3,(H,24,26);1H. The number of benzene rings is 2. The van der Waals surface area contributed by atoms with Crippen LogP contribution in [0, 0.1) is 11.6 Å². The van der Waals surface area contributed by atoms with Crippen molar-refractivity contribution in [2.45, 2.75) is 6.42 Å². The summed E-state index contributed by atoms with van der Waals surface area (Å²) in [5.74, 6) is -1.47. The number of halogens is 5. The van der Waals surface area contributed by atoms with Crippen LogP contribution in [-0.4, -0.2) is 10.5 Å². The third kappa shape index (κ3) is 5.32. The van der Waals surface area contributed by atoms with E-state index >= 15 is 0 Å². The van der Waals surface area contributed by atoms with Gasteiger partial charge < -0.3 is 9.88 Å². The zero-order valence-corrected chi connectivity index (χ0v) is 17.5. The number of carbonyl (C=O) groups is 1. The normalized spacial score (nSPS) is 11.2. The van der Waals surface area contributed by atoms with Gasteiger partial charge in [-0.3, -0.25) is 4.79 Å². The van der Waals surface area contributed by atoms with E-state index in [-0.39, 0.29) is 35.4 Å². The zero-order chi connectivity index (χ0) is 19.6. The third-order valence-corrected chi connectivity index (χ3v) is 5.18. The SMILES string of the molecule is Cl.Cn1c(CC(=O)Nc2cc(Cl)ccc2F)csc1=Nc1ccc(F)c(Cl)c1. The highest BCUT2D eigenvalue weighted by molar-refractivity contribution is 7.07. The fourth-order valence-electron chi connectivity index (χ4n) is 2.28. The van der Waals surface area contributed by atoms with E-state index in [9.17, 15) is 13.6 Å². The van der Waals surface area contributed by atoms with Gasteiger partial charge in [0.05, 0.1) is 22.8 Å². The molecule has 148 valence electrons. The Morgan fingerprint density at radius 1 is 1.18 bits per heavy atom. The molecule has 0 aliphatic carbocycles. The second-order valence-electron chi connectivity index (χ2n) is 5.63. The molecule has 1 aromatic heterocycles. The van der Waals surface area contributed by atoms with Gasteiger partial charge in [0.2, 0.25) is 5.91 Å². The number of hydrogen-bond donors (Lipinski definition) is 1. The highest BCUT2D eigenvalue weighted by Gasteiger charge is 2.11. The van der Waals surface area contributed by atoms with E-state index in [1.165, 1.54) is 47.7 Å². The lowest BCUT2D eigenvalue weighted by Gasteiger charge is -2.07. The maximum absolute atomic E-state index is 13.7. The van der Waals surface area contributed by atoms with Crippen molar-refractivity contribution in [2.75, 3.05) is 5.32 Å². The van der Waals surface area contributed by atoms with Crippen LogP contribution in [0.4, 0.5) is 20.2 Å². The molecule has 3 rings (SSSR count). The van der Waals surface area contributed by atoms with Gasteiger partial charge in [0.25, 0.3) is 0 Å². The minimum atomic E-state index is -0.564. The molecule has 4 nitrogen and oxygen atoms in total. The predicted octanol–water partition coefficient (Wildman–Crippen LogP) is 5.51. The highest BCUT2D eigenvalue weighted by Crippen LogP contribution is 2.22. The van der Waals surface area contributed by atoms with Gasteiger partial charge in [0.15, 0.2) is 4.80 Å². The minimum Gasteiger partial charge on any atom is -0.323 e. The summed E-state index contributed by atoms with van der Waals surface area (Å²) in [5, 5.41) is 4.59. The molecule has 0 spiro atoms. The molecule has 1 N–H and O–H groups in total. The van der Waals surface area contributed by atoms with Gasteiger partial charge in [-0.1, -0.05) is 23.2 Å². The number of anilines is 1. The Morgan fingerprint density at radius 3 is 2.61 bits per heavy atom. The summed E-state index contributed by atoms with van der Waals surface area (Å²) in [6.45, 7) is 0. The monoisotopic (exact) mass is 463 g/mol. The molecule has 28 heavy (non-hydrogen) atoms. The molecular weight excluding hydrogens is 451 g/mol. The van der Waals surface area contributed by atoms with Gasteiger partial charge in [-0.15, -0.1) is 23.7 Å². The molecular formula is C18H14Cl3F2N3OS. The Bertz CT molecular complexity index is 1080. The van der Waals surface area contributed by atoms with E-state index < -0.39 is 11.6 Å². The first-order valence-corrected chi connectivity index (χ1v) is 9.35. The van der Waals surface area contributed by atoms with E-state index in [0.29, 0.717) is 21.2 Å². The summed E-state index contributed by atoms with van der Waals surface area (Å²) in [5.41, 5.74) is 1.21. The predicted molar refractivity (Wildman–Crippen MR) is 111 cm³/mol. The van der Waals surface area contributed by atoms with E-state index in [2.05, 4.69) is 10.3 Å². The van der Waals surface area contributed by atoms with Crippen LogP contribution in [-0.2, 0) is 18.3 Å². The largest absolute Gasteiger partial charge is 0.323 e. The number of aromatic nitrogens is 1. The fraction of sp³-hybridized carbons (Fsp3) is 0.111. The van der Waals surface area contributed by atoms with Crippen LogP contribution in [0.15, 0.2) is 46.8 Å². The van der Waals surface area contributed by atoms with Crippen molar-refractivity contribution in [1.29, 1.82) is 0 Å². The van der Waals surface area contributed by atoms with Crippen LogP contribution in [0.2, 0.25) is 10.0 Å². The number of rotatable bonds is 4. The lowest BCUT2D eigenvalue weighted by atomic mass is 10.2. The van der Waals surface area contributed by atoms with Crippen molar-refractivity contribution in [3.05, 3.63) is 74.0 Å². The van der Waals surface area contributed by atoms with Gasteiger partial charge in [0.1, 0.15) is 11.6 Å². The molecule has 0 fully saturated rings. The van der Waals surface area contributed by atoms with Crippen molar-refractivity contribution < 1.29 is 13.6 Å². The Hall–Kier alpha value is -1.93. The third-order valence-electron chi connectivity index (χ3n) is 3.69. The summed E-state index contributed by atoms with van der Waals surface area (Å²) in [6.07, 6.45) is 0.0264. The first-order valence-electron chi connectivity index (χ1n) is 7.71. The zero-order valence-electron chi connectivity index (χ0n) is 14.4. The first kappa shape index (κ1) is 22.4. The Labute approximate surface area is 179 Å². The lowest BCUT2D eigenvalue weighted by Crippen LogP contribution is -2.20. The molecule has 1 amide bonds. The van der Waals surface area contributed by atoms with Crippen LogP contribution in [0.3, 0.4) is 0 Å². The van der Waals surface area contributed by atoms with Gasteiger partial charge >= 0.3 is 0 Å². The molecule has 0 unspecified atom stereocenters. The molecule has 0 saturated carbocycles. The summed E-state index contributed by atoms with van der Waals surface area (Å²) in [4.78, 5) is 17.2. The second-order valence-corrected chi connectivity index (χ2v) is 7.31. The number of amides is 1. The number of carbonyl (C=O) groups excluding carboxylic acids is 1. The fourth-order valence-corrected chi connectivity index (χ4v) is 3.54. The van der Waals surface area contributed by atoms with Crippen LogP contribution < -0.4 is 10.1 Å². The van der Waals surface area contributed by atoms with Gasteiger partial charge in [-0.2, -0.15) is 0 Å². The molecule has 10 heteroatoms. The molecule has 0 saturated heterocycles. The van der Waals surface area contributed by atoms with Crippen molar-refractivity contribution in [3.63, 3.8) is 0 Å². The second kappa shape index (κ2) is 9.52. The summed E-state index contributed by atoms with van der Waals surface area (Å²) in [6, 6.07) is 8.11. The van der Waals surface area contributed by atoms with E-state index in [1.807, 2.05) is 0 Å². The van der Waals surface area contributed by atoms with E-state index in [0.717, 1.165) is 0 Å². The number of nitrogens with zero attached hydrogens (tertiary/aromatic N) is 2.